The Morgan fingerprint density at radius 3 is 2.35 bits per heavy atom. The lowest BCUT2D eigenvalue weighted by Crippen LogP contribution is -2.17. The first kappa shape index (κ1) is 12.7. The summed E-state index contributed by atoms with van der Waals surface area (Å²) in [6.07, 6.45) is -0.290. The molecule has 0 aromatic heterocycles. The van der Waals surface area contributed by atoms with Crippen molar-refractivity contribution in [3.05, 3.63) is 65.7 Å². The van der Waals surface area contributed by atoms with Gasteiger partial charge in [0, 0.05) is 30.9 Å². The molecule has 20 heavy (non-hydrogen) atoms. The Hall–Kier alpha value is -2.33. The Bertz CT molecular complexity index is 605. The van der Waals surface area contributed by atoms with Gasteiger partial charge < -0.3 is 4.90 Å². The fourth-order valence-electron chi connectivity index (χ4n) is 2.09. The highest BCUT2D eigenvalue weighted by Crippen LogP contribution is 2.25. The number of nitrogens with one attached hydrogen (secondary N) is 1. The number of hydrogen-bond donors (Lipinski definition) is 1. The molecule has 0 saturated heterocycles. The van der Waals surface area contributed by atoms with Crippen molar-refractivity contribution in [1.29, 1.82) is 0 Å². The first-order valence-corrected chi connectivity index (χ1v) is 6.56. The summed E-state index contributed by atoms with van der Waals surface area (Å²) in [5.74, 6) is 0.771. The van der Waals surface area contributed by atoms with Crippen LogP contribution in [-0.2, 0) is 4.84 Å². The lowest BCUT2D eigenvalue weighted by molar-refractivity contribution is 0.0377. The van der Waals surface area contributed by atoms with Gasteiger partial charge in [0.05, 0.1) is 0 Å². The predicted molar refractivity (Wildman–Crippen MR) is 80.7 cm³/mol. The molecule has 1 heterocycles. The molecule has 0 aliphatic carbocycles. The van der Waals surface area contributed by atoms with Crippen molar-refractivity contribution < 1.29 is 4.84 Å². The second-order valence-corrected chi connectivity index (χ2v) is 4.90. The second-order valence-electron chi connectivity index (χ2n) is 4.90. The molecule has 0 amide bonds. The van der Waals surface area contributed by atoms with Crippen LogP contribution < -0.4 is 10.4 Å². The molecule has 4 heteroatoms. The predicted octanol–water partition coefficient (Wildman–Crippen LogP) is 2.73. The van der Waals surface area contributed by atoms with Crippen LogP contribution in [0.5, 0.6) is 0 Å². The largest absolute Gasteiger partial charge is 0.378 e. The van der Waals surface area contributed by atoms with E-state index in [1.165, 1.54) is 0 Å². The van der Waals surface area contributed by atoms with Crippen LogP contribution in [0.4, 0.5) is 5.69 Å². The van der Waals surface area contributed by atoms with E-state index in [1.807, 2.05) is 56.6 Å². The van der Waals surface area contributed by atoms with Crippen molar-refractivity contribution in [2.45, 2.75) is 6.23 Å². The van der Waals surface area contributed by atoms with E-state index in [0.29, 0.717) is 0 Å². The molecule has 1 aliphatic rings. The third kappa shape index (κ3) is 2.51. The maximum Gasteiger partial charge on any atom is 0.202 e. The van der Waals surface area contributed by atoms with E-state index < -0.39 is 0 Å². The molecular formula is C16H17N3O. The van der Waals surface area contributed by atoms with Crippen LogP contribution >= 0.6 is 0 Å². The molecule has 1 atom stereocenters. The van der Waals surface area contributed by atoms with Gasteiger partial charge in [-0.1, -0.05) is 42.5 Å². The zero-order valence-electron chi connectivity index (χ0n) is 11.6. The van der Waals surface area contributed by atoms with E-state index in [4.69, 9.17) is 4.84 Å². The van der Waals surface area contributed by atoms with Crippen LogP contribution in [0.3, 0.4) is 0 Å². The smallest absolute Gasteiger partial charge is 0.202 e. The topological polar surface area (TPSA) is 36.9 Å². The van der Waals surface area contributed by atoms with Crippen molar-refractivity contribution >= 4 is 11.5 Å². The summed E-state index contributed by atoms with van der Waals surface area (Å²) in [7, 11) is 4.04. The molecular weight excluding hydrogens is 250 g/mol. The SMILES string of the molecule is CN(C)c1ccc([C@@H]2N=C(c3ccccc3)NO2)cc1. The summed E-state index contributed by atoms with van der Waals surface area (Å²) >= 11 is 0. The summed E-state index contributed by atoms with van der Waals surface area (Å²) in [5.41, 5.74) is 6.12. The molecule has 0 spiro atoms. The van der Waals surface area contributed by atoms with E-state index in [1.54, 1.807) is 0 Å². The lowest BCUT2D eigenvalue weighted by atomic mass is 10.1. The van der Waals surface area contributed by atoms with Crippen molar-refractivity contribution in [3.8, 4) is 0 Å². The van der Waals surface area contributed by atoms with Gasteiger partial charge >= 0.3 is 0 Å². The minimum atomic E-state index is -0.290. The molecule has 2 aromatic carbocycles. The number of amidine groups is 1. The quantitative estimate of drug-likeness (QED) is 0.929. The third-order valence-electron chi connectivity index (χ3n) is 3.26. The molecule has 1 aliphatic heterocycles. The van der Waals surface area contributed by atoms with Crippen LogP contribution in [0, 0.1) is 0 Å². The van der Waals surface area contributed by atoms with Gasteiger partial charge in [-0.2, -0.15) is 0 Å². The molecule has 3 rings (SSSR count). The van der Waals surface area contributed by atoms with Crippen LogP contribution in [0.15, 0.2) is 59.6 Å². The number of rotatable bonds is 3. The van der Waals surface area contributed by atoms with Crippen molar-refractivity contribution in [2.24, 2.45) is 4.99 Å². The highest BCUT2D eigenvalue weighted by molar-refractivity contribution is 5.98. The summed E-state index contributed by atoms with van der Waals surface area (Å²) in [4.78, 5) is 12.2. The van der Waals surface area contributed by atoms with Crippen LogP contribution in [0.2, 0.25) is 0 Å². The molecule has 4 nitrogen and oxygen atoms in total. The molecule has 0 saturated carbocycles. The molecule has 0 bridgehead atoms. The van der Waals surface area contributed by atoms with Gasteiger partial charge in [0.25, 0.3) is 0 Å². The van der Waals surface area contributed by atoms with E-state index in [-0.39, 0.29) is 6.23 Å². The van der Waals surface area contributed by atoms with Gasteiger partial charge in [-0.25, -0.2) is 15.3 Å². The molecule has 0 radical (unpaired) electrons. The van der Waals surface area contributed by atoms with Gasteiger partial charge in [-0.3, -0.25) is 0 Å². The van der Waals surface area contributed by atoms with Crippen LogP contribution in [0.1, 0.15) is 17.4 Å². The fraction of sp³-hybridized carbons (Fsp3) is 0.188. The Labute approximate surface area is 118 Å². The number of benzene rings is 2. The summed E-state index contributed by atoms with van der Waals surface area (Å²) < 4.78 is 0. The number of anilines is 1. The Morgan fingerprint density at radius 1 is 1.00 bits per heavy atom. The monoisotopic (exact) mass is 267 g/mol. The number of aliphatic imine (C=N–C) groups is 1. The minimum Gasteiger partial charge on any atom is -0.378 e. The van der Waals surface area contributed by atoms with E-state index in [9.17, 15) is 0 Å². The Balaban J connectivity index is 1.81. The summed E-state index contributed by atoms with van der Waals surface area (Å²) in [6.45, 7) is 0. The standard InChI is InChI=1S/C16H17N3O/c1-19(2)14-10-8-13(9-11-14)16-17-15(18-20-16)12-6-4-3-5-7-12/h3-11,16H,1-2H3,(H,17,18)/t16-/m1/s1. The molecule has 2 aromatic rings. The fourth-order valence-corrected chi connectivity index (χ4v) is 2.09. The number of nitrogens with zero attached hydrogens (tertiary/aromatic N) is 2. The van der Waals surface area contributed by atoms with Gasteiger partial charge in [0.1, 0.15) is 0 Å². The number of hydroxylamine groups is 1. The highest BCUT2D eigenvalue weighted by Gasteiger charge is 2.20. The Morgan fingerprint density at radius 2 is 1.70 bits per heavy atom. The Kier molecular flexibility index (Phi) is 3.39. The summed E-state index contributed by atoms with van der Waals surface area (Å²) in [6, 6.07) is 18.2. The zero-order chi connectivity index (χ0) is 13.9. The lowest BCUT2D eigenvalue weighted by Gasteiger charge is -2.13. The third-order valence-corrected chi connectivity index (χ3v) is 3.26. The van der Waals surface area contributed by atoms with Gasteiger partial charge in [-0.05, 0) is 12.1 Å². The zero-order valence-corrected chi connectivity index (χ0v) is 11.6. The molecule has 1 N–H and O–H groups in total. The van der Waals surface area contributed by atoms with Crippen molar-refractivity contribution in [2.75, 3.05) is 19.0 Å². The molecule has 102 valence electrons. The number of hydrogen-bond acceptors (Lipinski definition) is 4. The highest BCUT2D eigenvalue weighted by atomic mass is 16.7. The normalized spacial score (nSPS) is 17.5. The molecule has 0 fully saturated rings. The summed E-state index contributed by atoms with van der Waals surface area (Å²) in [5, 5.41) is 0. The maximum absolute atomic E-state index is 5.54. The van der Waals surface area contributed by atoms with E-state index in [2.05, 4.69) is 27.5 Å². The van der Waals surface area contributed by atoms with E-state index >= 15 is 0 Å². The first-order chi connectivity index (χ1) is 9.74. The van der Waals surface area contributed by atoms with Gasteiger partial charge in [0.15, 0.2) is 5.84 Å². The maximum atomic E-state index is 5.54. The van der Waals surface area contributed by atoms with Crippen LogP contribution in [0.25, 0.3) is 0 Å². The van der Waals surface area contributed by atoms with E-state index in [0.717, 1.165) is 22.6 Å². The van der Waals surface area contributed by atoms with Crippen molar-refractivity contribution in [1.82, 2.24) is 5.48 Å². The average Bonchev–Trinajstić information content (AvgIpc) is 2.98. The van der Waals surface area contributed by atoms with Gasteiger partial charge in [-0.15, -0.1) is 0 Å². The first-order valence-electron chi connectivity index (χ1n) is 6.56. The second kappa shape index (κ2) is 5.35. The molecule has 0 unspecified atom stereocenters. The van der Waals surface area contributed by atoms with Crippen molar-refractivity contribution in [3.63, 3.8) is 0 Å². The van der Waals surface area contributed by atoms with Crippen LogP contribution in [-0.4, -0.2) is 19.9 Å². The average molecular weight is 267 g/mol. The van der Waals surface area contributed by atoms with Gasteiger partial charge in [0.2, 0.25) is 6.23 Å². The minimum absolute atomic E-state index is 0.290.